The number of hydrogen-bond donors (Lipinski definition) is 1. The van der Waals surface area contributed by atoms with E-state index in [2.05, 4.69) is 64.6 Å². The first-order valence-corrected chi connectivity index (χ1v) is 7.53. The number of ether oxygens (including phenoxy) is 1. The largest absolute Gasteiger partial charge is 0.493 e. The molecule has 0 aliphatic heterocycles. The highest BCUT2D eigenvalue weighted by atomic mass is 32.1. The molecule has 0 saturated heterocycles. The Morgan fingerprint density at radius 3 is 2.06 bits per heavy atom. The molecule has 102 valence electrons. The molecule has 1 aromatic rings. The van der Waals surface area contributed by atoms with Crippen molar-refractivity contribution in [1.29, 1.82) is 0 Å². The Hall–Kier alpha value is -0.630. The van der Waals surface area contributed by atoms with Gasteiger partial charge in [-0.2, -0.15) is 12.6 Å². The fourth-order valence-electron chi connectivity index (χ4n) is 1.91. The van der Waals surface area contributed by atoms with Gasteiger partial charge >= 0.3 is 0 Å². The van der Waals surface area contributed by atoms with Crippen LogP contribution in [0.2, 0.25) is 0 Å². The van der Waals surface area contributed by atoms with E-state index in [4.69, 9.17) is 4.74 Å². The van der Waals surface area contributed by atoms with Crippen LogP contribution in [0.5, 0.6) is 5.75 Å². The quantitative estimate of drug-likeness (QED) is 0.689. The molecular formula is C16H26OS. The Morgan fingerprint density at radius 1 is 1.11 bits per heavy atom. The van der Waals surface area contributed by atoms with Crippen LogP contribution in [-0.2, 0) is 0 Å². The normalized spacial score (nSPS) is 11.9. The first-order chi connectivity index (χ1) is 8.56. The van der Waals surface area contributed by atoms with Crippen molar-refractivity contribution in [2.45, 2.75) is 46.5 Å². The molecule has 0 aliphatic rings. The smallest absolute Gasteiger partial charge is 0.119 e. The fourth-order valence-corrected chi connectivity index (χ4v) is 2.45. The second kappa shape index (κ2) is 7.08. The predicted molar refractivity (Wildman–Crippen MR) is 82.9 cm³/mol. The monoisotopic (exact) mass is 266 g/mol. The maximum Gasteiger partial charge on any atom is 0.119 e. The molecule has 0 N–H and O–H groups in total. The minimum Gasteiger partial charge on any atom is -0.493 e. The second-order valence-corrected chi connectivity index (χ2v) is 5.69. The van der Waals surface area contributed by atoms with Gasteiger partial charge in [0.25, 0.3) is 0 Å². The van der Waals surface area contributed by atoms with Crippen molar-refractivity contribution >= 4 is 12.6 Å². The number of hydrogen-bond acceptors (Lipinski definition) is 2. The third-order valence-corrected chi connectivity index (χ3v) is 4.60. The second-order valence-electron chi connectivity index (χ2n) is 5.38. The summed E-state index contributed by atoms with van der Waals surface area (Å²) in [4.78, 5) is 0. The predicted octanol–water partition coefficient (Wildman–Crippen LogP) is 4.93. The molecule has 1 nitrogen and oxygen atoms in total. The lowest BCUT2D eigenvalue weighted by Crippen LogP contribution is -2.29. The Morgan fingerprint density at radius 2 is 1.67 bits per heavy atom. The van der Waals surface area contributed by atoms with E-state index in [1.807, 2.05) is 0 Å². The van der Waals surface area contributed by atoms with Gasteiger partial charge in [0.15, 0.2) is 0 Å². The molecule has 0 amide bonds. The SMILES string of the molecule is CCC(CC)(CS)COc1ccc(C(C)C)cc1. The van der Waals surface area contributed by atoms with Crippen LogP contribution in [0, 0.1) is 5.41 Å². The Kier molecular flexibility index (Phi) is 6.07. The lowest BCUT2D eigenvalue weighted by Gasteiger charge is -2.29. The molecular weight excluding hydrogens is 240 g/mol. The van der Waals surface area contributed by atoms with Gasteiger partial charge in [0, 0.05) is 5.41 Å². The molecule has 0 unspecified atom stereocenters. The van der Waals surface area contributed by atoms with Crippen molar-refractivity contribution in [2.75, 3.05) is 12.4 Å². The maximum absolute atomic E-state index is 5.93. The van der Waals surface area contributed by atoms with Crippen LogP contribution >= 0.6 is 12.6 Å². The van der Waals surface area contributed by atoms with Gasteiger partial charge in [-0.25, -0.2) is 0 Å². The van der Waals surface area contributed by atoms with Crippen LogP contribution in [0.25, 0.3) is 0 Å². The highest BCUT2D eigenvalue weighted by Crippen LogP contribution is 2.29. The highest BCUT2D eigenvalue weighted by Gasteiger charge is 2.25. The molecule has 0 bridgehead atoms. The third kappa shape index (κ3) is 3.94. The van der Waals surface area contributed by atoms with Crippen LogP contribution in [0.15, 0.2) is 24.3 Å². The van der Waals surface area contributed by atoms with Crippen LogP contribution in [-0.4, -0.2) is 12.4 Å². The molecule has 18 heavy (non-hydrogen) atoms. The van der Waals surface area contributed by atoms with E-state index in [0.29, 0.717) is 5.92 Å². The van der Waals surface area contributed by atoms with Crippen LogP contribution in [0.1, 0.15) is 52.0 Å². The summed E-state index contributed by atoms with van der Waals surface area (Å²) in [6.07, 6.45) is 2.22. The molecule has 1 aromatic carbocycles. The molecule has 0 radical (unpaired) electrons. The Labute approximate surface area is 117 Å². The Balaban J connectivity index is 2.62. The molecule has 0 fully saturated rings. The van der Waals surface area contributed by atoms with E-state index in [-0.39, 0.29) is 5.41 Å². The molecule has 0 aromatic heterocycles. The summed E-state index contributed by atoms with van der Waals surface area (Å²) in [5.41, 5.74) is 1.56. The van der Waals surface area contributed by atoms with Crippen LogP contribution in [0.3, 0.4) is 0 Å². The van der Waals surface area contributed by atoms with E-state index in [1.165, 1.54) is 5.56 Å². The Bertz CT molecular complexity index is 330. The zero-order valence-corrected chi connectivity index (χ0v) is 13.0. The molecule has 1 rings (SSSR count). The zero-order valence-electron chi connectivity index (χ0n) is 12.1. The molecule has 0 heterocycles. The van der Waals surface area contributed by atoms with Gasteiger partial charge in [-0.05, 0) is 42.2 Å². The summed E-state index contributed by atoms with van der Waals surface area (Å²) >= 11 is 4.47. The zero-order chi connectivity index (χ0) is 13.6. The molecule has 2 heteroatoms. The minimum absolute atomic E-state index is 0.208. The van der Waals surface area contributed by atoms with Crippen molar-refractivity contribution in [2.24, 2.45) is 5.41 Å². The average Bonchev–Trinajstić information content (AvgIpc) is 2.41. The van der Waals surface area contributed by atoms with Crippen molar-refractivity contribution in [3.05, 3.63) is 29.8 Å². The number of rotatable bonds is 7. The van der Waals surface area contributed by atoms with Crippen molar-refractivity contribution < 1.29 is 4.74 Å². The van der Waals surface area contributed by atoms with Crippen LogP contribution in [0.4, 0.5) is 0 Å². The summed E-state index contributed by atoms with van der Waals surface area (Å²) in [6.45, 7) is 9.59. The number of thiol groups is 1. The average molecular weight is 266 g/mol. The van der Waals surface area contributed by atoms with Crippen molar-refractivity contribution in [3.63, 3.8) is 0 Å². The van der Waals surface area contributed by atoms with E-state index in [1.54, 1.807) is 0 Å². The van der Waals surface area contributed by atoms with Crippen molar-refractivity contribution in [3.8, 4) is 5.75 Å². The van der Waals surface area contributed by atoms with Gasteiger partial charge in [0.05, 0.1) is 6.61 Å². The van der Waals surface area contributed by atoms with Gasteiger partial charge in [-0.1, -0.05) is 39.8 Å². The summed E-state index contributed by atoms with van der Waals surface area (Å²) < 4.78 is 5.93. The molecule has 0 spiro atoms. The van der Waals surface area contributed by atoms with E-state index < -0.39 is 0 Å². The lowest BCUT2D eigenvalue weighted by molar-refractivity contribution is 0.157. The van der Waals surface area contributed by atoms with Crippen molar-refractivity contribution in [1.82, 2.24) is 0 Å². The standard InChI is InChI=1S/C16H26OS/c1-5-16(6-2,12-18)11-17-15-9-7-14(8-10-15)13(3)4/h7-10,13,18H,5-6,11-12H2,1-4H3. The summed E-state index contributed by atoms with van der Waals surface area (Å²) in [7, 11) is 0. The molecule has 0 aliphatic carbocycles. The first kappa shape index (κ1) is 15.4. The minimum atomic E-state index is 0.208. The third-order valence-electron chi connectivity index (χ3n) is 3.93. The molecule has 0 atom stereocenters. The lowest BCUT2D eigenvalue weighted by atomic mass is 9.85. The molecule has 0 saturated carbocycles. The summed E-state index contributed by atoms with van der Waals surface area (Å²) in [6, 6.07) is 8.45. The van der Waals surface area contributed by atoms with Crippen LogP contribution < -0.4 is 4.74 Å². The van der Waals surface area contributed by atoms with Gasteiger partial charge in [0.2, 0.25) is 0 Å². The van der Waals surface area contributed by atoms with Gasteiger partial charge in [0.1, 0.15) is 5.75 Å². The fraction of sp³-hybridized carbons (Fsp3) is 0.625. The topological polar surface area (TPSA) is 9.23 Å². The summed E-state index contributed by atoms with van der Waals surface area (Å²) in [5.74, 6) is 2.42. The highest BCUT2D eigenvalue weighted by molar-refractivity contribution is 7.80. The van der Waals surface area contributed by atoms with Gasteiger partial charge in [-0.3, -0.25) is 0 Å². The maximum atomic E-state index is 5.93. The van der Waals surface area contributed by atoms with E-state index in [9.17, 15) is 0 Å². The first-order valence-electron chi connectivity index (χ1n) is 6.90. The van der Waals surface area contributed by atoms with Gasteiger partial charge in [-0.15, -0.1) is 0 Å². The number of benzene rings is 1. The van der Waals surface area contributed by atoms with E-state index >= 15 is 0 Å². The van der Waals surface area contributed by atoms with E-state index in [0.717, 1.165) is 31.0 Å². The van der Waals surface area contributed by atoms with Gasteiger partial charge < -0.3 is 4.74 Å². The summed E-state index contributed by atoms with van der Waals surface area (Å²) in [5, 5.41) is 0.